The molecule has 0 spiro atoms. The highest BCUT2D eigenvalue weighted by Gasteiger charge is 2.26. The van der Waals surface area contributed by atoms with Gasteiger partial charge in [-0.1, -0.05) is 18.2 Å². The lowest BCUT2D eigenvalue weighted by Gasteiger charge is -2.26. The molecular formula is C21H27N3O7S2. The normalized spacial score (nSPS) is 14.7. The van der Waals surface area contributed by atoms with E-state index in [1.165, 1.54) is 44.5 Å². The maximum absolute atomic E-state index is 13.0. The Bertz CT molecular complexity index is 1180. The van der Waals surface area contributed by atoms with Crippen LogP contribution >= 0.6 is 0 Å². The lowest BCUT2D eigenvalue weighted by molar-refractivity contribution is -0.135. The van der Waals surface area contributed by atoms with Gasteiger partial charge in [-0.2, -0.15) is 0 Å². The third-order valence-corrected chi connectivity index (χ3v) is 8.44. The molecule has 1 aliphatic rings. The number of nitrogens with zero attached hydrogens (tertiary/aromatic N) is 2. The molecular weight excluding hydrogens is 470 g/mol. The second-order valence-electron chi connectivity index (χ2n) is 7.26. The van der Waals surface area contributed by atoms with Crippen LogP contribution in [0.1, 0.15) is 6.42 Å². The van der Waals surface area contributed by atoms with Crippen LogP contribution < -0.4 is 13.8 Å². The number of amides is 1. The Morgan fingerprint density at radius 2 is 1.73 bits per heavy atom. The average Bonchev–Trinajstić information content (AvgIpc) is 2.84. The molecule has 1 fully saturated rings. The highest BCUT2D eigenvalue weighted by molar-refractivity contribution is 7.92. The monoisotopic (exact) mass is 497 g/mol. The van der Waals surface area contributed by atoms with Crippen molar-refractivity contribution in [1.29, 1.82) is 0 Å². The highest BCUT2D eigenvalue weighted by atomic mass is 32.2. The predicted molar refractivity (Wildman–Crippen MR) is 122 cm³/mol. The molecule has 0 unspecified atom stereocenters. The van der Waals surface area contributed by atoms with Gasteiger partial charge in [0.1, 0.15) is 5.75 Å². The minimum atomic E-state index is -4.00. The lowest BCUT2D eigenvalue weighted by atomic mass is 10.3. The molecule has 180 valence electrons. The zero-order valence-electron chi connectivity index (χ0n) is 18.4. The highest BCUT2D eigenvalue weighted by Crippen LogP contribution is 2.33. The first-order valence-electron chi connectivity index (χ1n) is 10.2. The van der Waals surface area contributed by atoms with E-state index in [2.05, 4.69) is 4.72 Å². The van der Waals surface area contributed by atoms with Crippen molar-refractivity contribution in [1.82, 2.24) is 9.62 Å². The van der Waals surface area contributed by atoms with Crippen molar-refractivity contribution in [3.05, 3.63) is 48.5 Å². The molecule has 0 atom stereocenters. The van der Waals surface area contributed by atoms with E-state index in [1.54, 1.807) is 23.1 Å². The number of carbonyl (C=O) groups excluding carboxylic acids is 1. The van der Waals surface area contributed by atoms with Gasteiger partial charge in [0.05, 0.1) is 35.8 Å². The molecule has 0 aromatic heterocycles. The van der Waals surface area contributed by atoms with Crippen molar-refractivity contribution in [3.8, 4) is 5.75 Å². The van der Waals surface area contributed by atoms with Gasteiger partial charge in [-0.25, -0.2) is 21.6 Å². The molecule has 2 aromatic carbocycles. The smallest absolute Gasteiger partial charge is 0.264 e. The Kier molecular flexibility index (Phi) is 7.95. The van der Waals surface area contributed by atoms with Crippen LogP contribution in [0, 0.1) is 0 Å². The molecule has 0 radical (unpaired) electrons. The summed E-state index contributed by atoms with van der Waals surface area (Å²) in [5, 5.41) is 0. The molecule has 33 heavy (non-hydrogen) atoms. The number of anilines is 1. The summed E-state index contributed by atoms with van der Waals surface area (Å²) < 4.78 is 65.5. The molecule has 12 heteroatoms. The van der Waals surface area contributed by atoms with E-state index in [0.717, 1.165) is 4.31 Å². The van der Waals surface area contributed by atoms with Gasteiger partial charge in [0.2, 0.25) is 15.9 Å². The number of morpholine rings is 1. The molecule has 1 saturated heterocycles. The van der Waals surface area contributed by atoms with Gasteiger partial charge in [-0.3, -0.25) is 9.10 Å². The zero-order valence-corrected chi connectivity index (χ0v) is 20.1. The summed E-state index contributed by atoms with van der Waals surface area (Å²) in [4.78, 5) is 13.8. The number of methoxy groups -OCH3 is 1. The molecule has 1 N–H and O–H groups in total. The Balaban J connectivity index is 1.78. The van der Waals surface area contributed by atoms with E-state index in [0.29, 0.717) is 26.3 Å². The maximum atomic E-state index is 13.0. The third-order valence-electron chi connectivity index (χ3n) is 5.20. The zero-order chi connectivity index (χ0) is 24.1. The SMILES string of the molecule is COc1ccc(S(=O)(=O)NCCC(=O)N2CCOCC2)cc1N(C)S(=O)(=O)c1ccccc1. The van der Waals surface area contributed by atoms with Crippen molar-refractivity contribution < 1.29 is 31.1 Å². The van der Waals surface area contributed by atoms with Crippen LogP contribution in [0.3, 0.4) is 0 Å². The topological polar surface area (TPSA) is 122 Å². The lowest BCUT2D eigenvalue weighted by Crippen LogP contribution is -2.42. The molecule has 10 nitrogen and oxygen atoms in total. The van der Waals surface area contributed by atoms with E-state index in [1.807, 2.05) is 0 Å². The number of rotatable bonds is 9. The summed E-state index contributed by atoms with van der Waals surface area (Å²) in [6.07, 6.45) is 0.00450. The first-order valence-corrected chi connectivity index (χ1v) is 13.2. The number of benzene rings is 2. The number of carbonyl (C=O) groups is 1. The number of sulfonamides is 2. The van der Waals surface area contributed by atoms with Crippen LogP contribution in [0.2, 0.25) is 0 Å². The molecule has 1 aliphatic heterocycles. The number of ether oxygens (including phenoxy) is 2. The Hall–Kier alpha value is -2.67. The van der Waals surface area contributed by atoms with Gasteiger partial charge in [0.15, 0.2) is 0 Å². The standard InChI is InChI=1S/C21H27N3O7S2/c1-23(33(28,29)17-6-4-3-5-7-17)19-16-18(8-9-20(19)30-2)32(26,27)22-11-10-21(25)24-12-14-31-15-13-24/h3-9,16,22H,10-15H2,1-2H3. The predicted octanol–water partition coefficient (Wildman–Crippen LogP) is 1.05. The molecule has 0 saturated carbocycles. The van der Waals surface area contributed by atoms with Crippen molar-refractivity contribution in [3.63, 3.8) is 0 Å². The fourth-order valence-electron chi connectivity index (χ4n) is 3.31. The van der Waals surface area contributed by atoms with Crippen LogP contribution in [0.15, 0.2) is 58.3 Å². The number of hydrogen-bond donors (Lipinski definition) is 1. The van der Waals surface area contributed by atoms with Crippen LogP contribution in [-0.4, -0.2) is 74.6 Å². The minimum absolute atomic E-state index is 0.00450. The Morgan fingerprint density at radius 3 is 2.36 bits per heavy atom. The summed E-state index contributed by atoms with van der Waals surface area (Å²) >= 11 is 0. The maximum Gasteiger partial charge on any atom is 0.264 e. The van der Waals surface area contributed by atoms with Crippen molar-refractivity contribution >= 4 is 31.6 Å². The van der Waals surface area contributed by atoms with E-state index in [9.17, 15) is 21.6 Å². The minimum Gasteiger partial charge on any atom is -0.495 e. The average molecular weight is 498 g/mol. The number of nitrogens with one attached hydrogen (secondary N) is 1. The molecule has 3 rings (SSSR count). The fourth-order valence-corrected chi connectivity index (χ4v) is 5.58. The molecule has 1 heterocycles. The Morgan fingerprint density at radius 1 is 1.06 bits per heavy atom. The van der Waals surface area contributed by atoms with Crippen LogP contribution in [-0.2, 0) is 29.6 Å². The second kappa shape index (κ2) is 10.5. The summed E-state index contributed by atoms with van der Waals surface area (Å²) in [6.45, 7) is 1.81. The fraction of sp³-hybridized carbons (Fsp3) is 0.381. The second-order valence-corrected chi connectivity index (χ2v) is 11.0. The molecule has 2 aromatic rings. The molecule has 0 bridgehead atoms. The largest absolute Gasteiger partial charge is 0.495 e. The van der Waals surface area contributed by atoms with Crippen LogP contribution in [0.5, 0.6) is 5.75 Å². The first-order chi connectivity index (χ1) is 15.7. The van der Waals surface area contributed by atoms with Gasteiger partial charge in [0, 0.05) is 33.1 Å². The quantitative estimate of drug-likeness (QED) is 0.549. The van der Waals surface area contributed by atoms with E-state index in [-0.39, 0.29) is 40.1 Å². The first kappa shape index (κ1) is 25.0. The third kappa shape index (κ3) is 5.82. The van der Waals surface area contributed by atoms with Crippen molar-refractivity contribution in [2.24, 2.45) is 0 Å². The van der Waals surface area contributed by atoms with Gasteiger partial charge in [-0.15, -0.1) is 0 Å². The summed E-state index contributed by atoms with van der Waals surface area (Å²) in [6, 6.07) is 11.7. The van der Waals surface area contributed by atoms with Gasteiger partial charge in [0.25, 0.3) is 10.0 Å². The van der Waals surface area contributed by atoms with Gasteiger partial charge >= 0.3 is 0 Å². The summed E-state index contributed by atoms with van der Waals surface area (Å²) in [5.41, 5.74) is 0.0635. The Labute approximate surface area is 194 Å². The van der Waals surface area contributed by atoms with Crippen LogP contribution in [0.4, 0.5) is 5.69 Å². The summed E-state index contributed by atoms with van der Waals surface area (Å²) in [7, 11) is -5.26. The van der Waals surface area contributed by atoms with E-state index >= 15 is 0 Å². The van der Waals surface area contributed by atoms with Crippen LogP contribution in [0.25, 0.3) is 0 Å². The van der Waals surface area contributed by atoms with Crippen molar-refractivity contribution in [2.75, 3.05) is 51.3 Å². The van der Waals surface area contributed by atoms with Gasteiger partial charge < -0.3 is 14.4 Å². The van der Waals surface area contributed by atoms with E-state index in [4.69, 9.17) is 9.47 Å². The molecule has 1 amide bonds. The molecule has 0 aliphatic carbocycles. The van der Waals surface area contributed by atoms with Gasteiger partial charge in [-0.05, 0) is 30.3 Å². The summed E-state index contributed by atoms with van der Waals surface area (Å²) in [5.74, 6) is 0.0311. The van der Waals surface area contributed by atoms with Crippen molar-refractivity contribution in [2.45, 2.75) is 16.2 Å². The number of hydrogen-bond acceptors (Lipinski definition) is 7. The van der Waals surface area contributed by atoms with E-state index < -0.39 is 20.0 Å².